The topological polar surface area (TPSA) is 32.3 Å². The fraction of sp³-hybridized carbons (Fsp3) is 0.800. The third-order valence-corrected chi connectivity index (χ3v) is 4.11. The molecule has 3 heterocycles. The van der Waals surface area contributed by atoms with Crippen molar-refractivity contribution in [1.82, 2.24) is 13.6 Å². The van der Waals surface area contributed by atoms with Crippen LogP contribution in [0.5, 0.6) is 0 Å². The Labute approximate surface area is 107 Å². The van der Waals surface area contributed by atoms with Gasteiger partial charge >= 0.3 is 6.18 Å². The minimum Gasteiger partial charge on any atom is -0.354 e. The van der Waals surface area contributed by atoms with E-state index in [2.05, 4.69) is 13.6 Å². The van der Waals surface area contributed by atoms with Crippen LogP contribution < -0.4 is 4.90 Å². The second-order valence-corrected chi connectivity index (χ2v) is 5.56. The van der Waals surface area contributed by atoms with Gasteiger partial charge in [-0.15, -0.1) is 0 Å². The molecule has 1 aromatic rings. The van der Waals surface area contributed by atoms with E-state index in [1.807, 2.05) is 0 Å². The Morgan fingerprint density at radius 1 is 1.22 bits per heavy atom. The number of nitrogens with zero attached hydrogens (tertiary/aromatic N) is 4. The van der Waals surface area contributed by atoms with Crippen molar-refractivity contribution in [3.63, 3.8) is 0 Å². The second-order valence-electron chi connectivity index (χ2n) is 5.00. The highest BCUT2D eigenvalue weighted by Crippen LogP contribution is 2.34. The molecule has 2 atom stereocenters. The molecule has 2 unspecified atom stereocenters. The van der Waals surface area contributed by atoms with Crippen LogP contribution in [0.15, 0.2) is 6.20 Å². The fourth-order valence-corrected chi connectivity index (χ4v) is 3.39. The predicted molar refractivity (Wildman–Crippen MR) is 61.6 cm³/mol. The summed E-state index contributed by atoms with van der Waals surface area (Å²) in [4.78, 5) is 3.65. The number of alkyl halides is 3. The molecule has 8 heteroatoms. The SMILES string of the molecule is FC(F)(F)CN1CC2CN(c3cnsn3)CC2C1. The van der Waals surface area contributed by atoms with Gasteiger partial charge in [0.1, 0.15) is 0 Å². The van der Waals surface area contributed by atoms with E-state index in [0.29, 0.717) is 24.9 Å². The Bertz CT molecular complexity index is 394. The van der Waals surface area contributed by atoms with Gasteiger partial charge < -0.3 is 4.90 Å². The van der Waals surface area contributed by atoms with Gasteiger partial charge in [0.2, 0.25) is 0 Å². The molecule has 18 heavy (non-hydrogen) atoms. The predicted octanol–water partition coefficient (Wildman–Crippen LogP) is 1.47. The van der Waals surface area contributed by atoms with Crippen LogP contribution in [0.4, 0.5) is 19.0 Å². The molecule has 0 N–H and O–H groups in total. The lowest BCUT2D eigenvalue weighted by molar-refractivity contribution is -0.144. The van der Waals surface area contributed by atoms with Crippen molar-refractivity contribution in [2.24, 2.45) is 11.8 Å². The molecule has 0 radical (unpaired) electrons. The lowest BCUT2D eigenvalue weighted by atomic mass is 10.0. The van der Waals surface area contributed by atoms with Gasteiger partial charge in [-0.3, -0.25) is 4.90 Å². The van der Waals surface area contributed by atoms with E-state index in [1.165, 1.54) is 4.90 Å². The summed E-state index contributed by atoms with van der Waals surface area (Å²) < 4.78 is 45.1. The first-order valence-electron chi connectivity index (χ1n) is 5.83. The van der Waals surface area contributed by atoms with Gasteiger partial charge in [-0.2, -0.15) is 21.9 Å². The van der Waals surface area contributed by atoms with Gasteiger partial charge in [-0.05, 0) is 11.8 Å². The van der Waals surface area contributed by atoms with Gasteiger partial charge in [-0.25, -0.2) is 0 Å². The van der Waals surface area contributed by atoms with Crippen LogP contribution in [0.25, 0.3) is 0 Å². The highest BCUT2D eigenvalue weighted by molar-refractivity contribution is 6.99. The number of hydrogen-bond donors (Lipinski definition) is 0. The summed E-state index contributed by atoms with van der Waals surface area (Å²) in [6.07, 6.45) is -2.36. The van der Waals surface area contributed by atoms with Crippen molar-refractivity contribution >= 4 is 17.5 Å². The van der Waals surface area contributed by atoms with E-state index in [0.717, 1.165) is 30.6 Å². The number of halogens is 3. The number of hydrogen-bond acceptors (Lipinski definition) is 5. The van der Waals surface area contributed by atoms with Crippen LogP contribution in [-0.4, -0.2) is 52.5 Å². The molecule has 2 fully saturated rings. The molecule has 0 amide bonds. The first-order valence-corrected chi connectivity index (χ1v) is 6.56. The number of rotatable bonds is 2. The zero-order valence-corrected chi connectivity index (χ0v) is 10.4. The number of aromatic nitrogens is 2. The molecule has 0 bridgehead atoms. The van der Waals surface area contributed by atoms with Crippen LogP contribution >= 0.6 is 11.7 Å². The van der Waals surface area contributed by atoms with Gasteiger partial charge in [0.15, 0.2) is 5.82 Å². The average molecular weight is 278 g/mol. The molecule has 0 saturated carbocycles. The van der Waals surface area contributed by atoms with Crippen LogP contribution in [-0.2, 0) is 0 Å². The van der Waals surface area contributed by atoms with E-state index in [4.69, 9.17) is 0 Å². The van der Waals surface area contributed by atoms with Crippen LogP contribution in [0.3, 0.4) is 0 Å². The zero-order valence-electron chi connectivity index (χ0n) is 9.60. The molecule has 2 aliphatic rings. The lowest BCUT2D eigenvalue weighted by Crippen LogP contribution is -2.35. The lowest BCUT2D eigenvalue weighted by Gasteiger charge is -2.21. The van der Waals surface area contributed by atoms with Gasteiger partial charge in [0.25, 0.3) is 0 Å². The molecule has 2 saturated heterocycles. The zero-order chi connectivity index (χ0) is 12.8. The Morgan fingerprint density at radius 3 is 2.39 bits per heavy atom. The molecule has 3 rings (SSSR count). The first-order chi connectivity index (χ1) is 8.51. The van der Waals surface area contributed by atoms with Crippen LogP contribution in [0, 0.1) is 11.8 Å². The van der Waals surface area contributed by atoms with E-state index in [9.17, 15) is 13.2 Å². The first kappa shape index (κ1) is 12.2. The van der Waals surface area contributed by atoms with Gasteiger partial charge in [0, 0.05) is 26.2 Å². The standard InChI is InChI=1S/C10H13F3N4S/c11-10(12,13)6-16-2-7-4-17(5-8(7)3-16)9-1-14-18-15-9/h1,7-8H,2-6H2. The quantitative estimate of drug-likeness (QED) is 0.820. The summed E-state index contributed by atoms with van der Waals surface area (Å²) >= 11 is 1.16. The molecule has 0 aliphatic carbocycles. The molecule has 4 nitrogen and oxygen atoms in total. The normalized spacial score (nSPS) is 28.9. The molecule has 2 aliphatic heterocycles. The van der Waals surface area contributed by atoms with Crippen molar-refractivity contribution in [2.45, 2.75) is 6.18 Å². The van der Waals surface area contributed by atoms with E-state index < -0.39 is 12.7 Å². The summed E-state index contributed by atoms with van der Waals surface area (Å²) in [7, 11) is 0. The van der Waals surface area contributed by atoms with E-state index in [1.54, 1.807) is 6.20 Å². The maximum Gasteiger partial charge on any atom is 0.401 e. The Hall–Kier alpha value is -0.890. The van der Waals surface area contributed by atoms with E-state index in [-0.39, 0.29) is 0 Å². The van der Waals surface area contributed by atoms with Crippen LogP contribution in [0.1, 0.15) is 0 Å². The third-order valence-electron chi connectivity index (χ3n) is 3.64. The minimum absolute atomic E-state index is 0.328. The number of fused-ring (bicyclic) bond motifs is 1. The molecule has 0 aromatic carbocycles. The summed E-state index contributed by atoms with van der Waals surface area (Å²) in [5.41, 5.74) is 0. The average Bonchev–Trinajstić information content (AvgIpc) is 2.85. The van der Waals surface area contributed by atoms with Crippen molar-refractivity contribution in [2.75, 3.05) is 37.6 Å². The monoisotopic (exact) mass is 278 g/mol. The Morgan fingerprint density at radius 2 is 1.89 bits per heavy atom. The molecule has 100 valence electrons. The van der Waals surface area contributed by atoms with Crippen molar-refractivity contribution in [3.8, 4) is 0 Å². The smallest absolute Gasteiger partial charge is 0.354 e. The maximum absolute atomic E-state index is 12.3. The summed E-state index contributed by atoms with van der Waals surface area (Å²) in [5, 5.41) is 0. The third kappa shape index (κ3) is 2.44. The van der Waals surface area contributed by atoms with Gasteiger partial charge in [0.05, 0.1) is 24.5 Å². The minimum atomic E-state index is -4.09. The van der Waals surface area contributed by atoms with Crippen molar-refractivity contribution < 1.29 is 13.2 Å². The summed E-state index contributed by atoms with van der Waals surface area (Å²) in [5.74, 6) is 1.51. The molecule has 0 spiro atoms. The fourth-order valence-electron chi connectivity index (χ4n) is 2.96. The van der Waals surface area contributed by atoms with Crippen molar-refractivity contribution in [3.05, 3.63) is 6.20 Å². The number of likely N-dealkylation sites (tertiary alicyclic amines) is 1. The van der Waals surface area contributed by atoms with Gasteiger partial charge in [-0.1, -0.05) is 0 Å². The Balaban J connectivity index is 1.58. The maximum atomic E-state index is 12.3. The molecular formula is C10H13F3N4S. The largest absolute Gasteiger partial charge is 0.401 e. The van der Waals surface area contributed by atoms with Crippen LogP contribution in [0.2, 0.25) is 0 Å². The second kappa shape index (κ2) is 4.34. The Kier molecular flexibility index (Phi) is 2.93. The van der Waals surface area contributed by atoms with Crippen molar-refractivity contribution in [1.29, 1.82) is 0 Å². The molecular weight excluding hydrogens is 265 g/mol. The number of anilines is 1. The highest BCUT2D eigenvalue weighted by atomic mass is 32.1. The summed E-state index contributed by atoms with van der Waals surface area (Å²) in [6, 6.07) is 0. The highest BCUT2D eigenvalue weighted by Gasteiger charge is 2.43. The van der Waals surface area contributed by atoms with E-state index >= 15 is 0 Å². The molecule has 1 aromatic heterocycles. The summed E-state index contributed by atoms with van der Waals surface area (Å²) in [6.45, 7) is 1.89.